The fourth-order valence-electron chi connectivity index (χ4n) is 2.81. The van der Waals surface area contributed by atoms with Crippen molar-refractivity contribution < 1.29 is 23.9 Å². The average Bonchev–Trinajstić information content (AvgIpc) is 3.10. The Morgan fingerprint density at radius 1 is 1.19 bits per heavy atom. The number of non-ortho nitro benzene ring substituents is 1. The summed E-state index contributed by atoms with van der Waals surface area (Å²) in [4.78, 5) is 26.8. The van der Waals surface area contributed by atoms with Crippen molar-refractivity contribution in [1.82, 2.24) is 0 Å². The maximum Gasteiger partial charge on any atom is 0.363 e. The van der Waals surface area contributed by atoms with Gasteiger partial charge in [0.25, 0.3) is 5.69 Å². The molecule has 1 aliphatic rings. The van der Waals surface area contributed by atoms with Gasteiger partial charge in [-0.25, -0.2) is 9.79 Å². The molecule has 8 nitrogen and oxygen atoms in total. The first-order valence-corrected chi connectivity index (χ1v) is 10.6. The van der Waals surface area contributed by atoms with Crippen LogP contribution in [-0.4, -0.2) is 30.0 Å². The van der Waals surface area contributed by atoms with Gasteiger partial charge in [0, 0.05) is 17.7 Å². The van der Waals surface area contributed by atoms with Gasteiger partial charge in [-0.15, -0.1) is 0 Å². The Bertz CT molecular complexity index is 1050. The van der Waals surface area contributed by atoms with Gasteiger partial charge in [-0.1, -0.05) is 13.3 Å². The Morgan fingerprint density at radius 3 is 2.58 bits per heavy atom. The number of unbranched alkanes of at least 4 members (excludes halogenated alkanes) is 1. The van der Waals surface area contributed by atoms with Gasteiger partial charge < -0.3 is 14.2 Å². The number of rotatable bonds is 9. The molecule has 2 aromatic rings. The van der Waals surface area contributed by atoms with Crippen LogP contribution in [0.4, 0.5) is 5.69 Å². The van der Waals surface area contributed by atoms with E-state index in [4.69, 9.17) is 14.2 Å². The first-order valence-electron chi connectivity index (χ1n) is 9.79. The SMILES string of the molecule is CCCCOc1c(Br)cc(/C=C2\N=C(c3ccc([N+](=O)[O-])cc3)OC2=O)cc1OCC. The molecule has 0 bridgehead atoms. The monoisotopic (exact) mass is 488 g/mol. The number of nitrogens with zero attached hydrogens (tertiary/aromatic N) is 2. The molecule has 0 fully saturated rings. The molecule has 0 N–H and O–H groups in total. The summed E-state index contributed by atoms with van der Waals surface area (Å²) in [6.45, 7) is 5.00. The summed E-state index contributed by atoms with van der Waals surface area (Å²) in [5, 5.41) is 10.8. The smallest absolute Gasteiger partial charge is 0.363 e. The number of benzene rings is 2. The van der Waals surface area contributed by atoms with Crippen LogP contribution in [0.2, 0.25) is 0 Å². The summed E-state index contributed by atoms with van der Waals surface area (Å²) in [6, 6.07) is 9.21. The second-order valence-electron chi connectivity index (χ2n) is 6.61. The molecule has 0 aliphatic carbocycles. The maximum atomic E-state index is 12.3. The molecule has 0 aromatic heterocycles. The maximum absolute atomic E-state index is 12.3. The number of cyclic esters (lactones) is 1. The zero-order valence-corrected chi connectivity index (χ0v) is 18.7. The second kappa shape index (κ2) is 10.2. The van der Waals surface area contributed by atoms with E-state index in [0.29, 0.717) is 40.3 Å². The van der Waals surface area contributed by atoms with Gasteiger partial charge in [0.05, 0.1) is 22.6 Å². The van der Waals surface area contributed by atoms with Crippen molar-refractivity contribution in [2.45, 2.75) is 26.7 Å². The first-order chi connectivity index (χ1) is 14.9. The molecule has 9 heteroatoms. The van der Waals surface area contributed by atoms with E-state index in [1.54, 1.807) is 12.1 Å². The van der Waals surface area contributed by atoms with E-state index < -0.39 is 10.9 Å². The highest BCUT2D eigenvalue weighted by molar-refractivity contribution is 9.10. The van der Waals surface area contributed by atoms with Crippen molar-refractivity contribution >= 4 is 39.6 Å². The molecule has 0 spiro atoms. The number of carbonyl (C=O) groups is 1. The van der Waals surface area contributed by atoms with Gasteiger partial charge in [-0.2, -0.15) is 0 Å². The Balaban J connectivity index is 1.89. The highest BCUT2D eigenvalue weighted by Gasteiger charge is 2.25. The van der Waals surface area contributed by atoms with Crippen molar-refractivity contribution in [3.05, 3.63) is 67.8 Å². The molecule has 3 rings (SSSR count). The largest absolute Gasteiger partial charge is 0.490 e. The molecule has 0 saturated carbocycles. The summed E-state index contributed by atoms with van der Waals surface area (Å²) in [5.74, 6) is 0.660. The van der Waals surface area contributed by atoms with Gasteiger partial charge >= 0.3 is 5.97 Å². The molecular weight excluding hydrogens is 468 g/mol. The highest BCUT2D eigenvalue weighted by Crippen LogP contribution is 2.38. The molecule has 1 heterocycles. The molecule has 0 atom stereocenters. The third kappa shape index (κ3) is 5.49. The van der Waals surface area contributed by atoms with E-state index in [-0.39, 0.29) is 17.3 Å². The van der Waals surface area contributed by atoms with Gasteiger partial charge in [0.1, 0.15) is 0 Å². The van der Waals surface area contributed by atoms with Crippen LogP contribution in [0.5, 0.6) is 11.5 Å². The van der Waals surface area contributed by atoms with E-state index in [1.165, 1.54) is 24.3 Å². The van der Waals surface area contributed by atoms with Crippen LogP contribution >= 0.6 is 15.9 Å². The summed E-state index contributed by atoms with van der Waals surface area (Å²) in [5.41, 5.74) is 1.21. The highest BCUT2D eigenvalue weighted by atomic mass is 79.9. The van der Waals surface area contributed by atoms with Gasteiger partial charge in [0.2, 0.25) is 5.90 Å². The van der Waals surface area contributed by atoms with Crippen LogP contribution in [0, 0.1) is 10.1 Å². The lowest BCUT2D eigenvalue weighted by atomic mass is 10.1. The molecule has 2 aromatic carbocycles. The average molecular weight is 489 g/mol. The van der Waals surface area contributed by atoms with E-state index in [0.717, 1.165) is 12.8 Å². The van der Waals surface area contributed by atoms with Crippen molar-refractivity contribution in [3.8, 4) is 11.5 Å². The van der Waals surface area contributed by atoms with E-state index in [1.807, 2.05) is 13.0 Å². The molecule has 1 aliphatic heterocycles. The quantitative estimate of drug-likeness (QED) is 0.156. The lowest BCUT2D eigenvalue weighted by Gasteiger charge is -2.14. The third-order valence-electron chi connectivity index (χ3n) is 4.32. The Labute approximate surface area is 187 Å². The van der Waals surface area contributed by atoms with E-state index in [2.05, 4.69) is 27.8 Å². The van der Waals surface area contributed by atoms with Gasteiger partial charge in [0.15, 0.2) is 17.2 Å². The number of hydrogen-bond acceptors (Lipinski definition) is 7. The Kier molecular flexibility index (Phi) is 7.41. The number of hydrogen-bond donors (Lipinski definition) is 0. The minimum Gasteiger partial charge on any atom is -0.490 e. The lowest BCUT2D eigenvalue weighted by molar-refractivity contribution is -0.384. The molecule has 31 heavy (non-hydrogen) atoms. The van der Waals surface area contributed by atoms with Crippen LogP contribution in [-0.2, 0) is 9.53 Å². The standard InChI is InChI=1S/C22H21BrN2O6/c1-3-5-10-30-20-17(23)11-14(13-19(20)29-4-2)12-18-22(26)31-21(24-18)15-6-8-16(9-7-15)25(27)28/h6-9,11-13H,3-5,10H2,1-2H3/b18-12-. The third-order valence-corrected chi connectivity index (χ3v) is 4.91. The normalized spacial score (nSPS) is 14.4. The van der Waals surface area contributed by atoms with E-state index >= 15 is 0 Å². The number of ether oxygens (including phenoxy) is 3. The Morgan fingerprint density at radius 2 is 1.94 bits per heavy atom. The molecule has 0 saturated heterocycles. The second-order valence-corrected chi connectivity index (χ2v) is 7.46. The number of nitro benzene ring substituents is 1. The topological polar surface area (TPSA) is 100 Å². The fraction of sp³-hybridized carbons (Fsp3) is 0.273. The van der Waals surface area contributed by atoms with Crippen LogP contribution < -0.4 is 9.47 Å². The number of halogens is 1. The van der Waals surface area contributed by atoms with Crippen LogP contribution in [0.3, 0.4) is 0 Å². The summed E-state index contributed by atoms with van der Waals surface area (Å²) >= 11 is 3.51. The van der Waals surface area contributed by atoms with Crippen LogP contribution in [0.15, 0.2) is 51.6 Å². The predicted octanol–water partition coefficient (Wildman–Crippen LogP) is 5.28. The summed E-state index contributed by atoms with van der Waals surface area (Å²) < 4.78 is 17.5. The zero-order chi connectivity index (χ0) is 22.4. The number of carbonyl (C=O) groups excluding carboxylic acids is 1. The van der Waals surface area contributed by atoms with Crippen molar-refractivity contribution in [3.63, 3.8) is 0 Å². The van der Waals surface area contributed by atoms with Crippen molar-refractivity contribution in [1.29, 1.82) is 0 Å². The molecule has 162 valence electrons. The number of aliphatic imine (C=N–C) groups is 1. The predicted molar refractivity (Wildman–Crippen MR) is 119 cm³/mol. The molecule has 0 unspecified atom stereocenters. The minimum absolute atomic E-state index is 0.0565. The lowest BCUT2D eigenvalue weighted by Crippen LogP contribution is -2.05. The zero-order valence-electron chi connectivity index (χ0n) is 17.1. The van der Waals surface area contributed by atoms with E-state index in [9.17, 15) is 14.9 Å². The van der Waals surface area contributed by atoms with Crippen LogP contribution in [0.1, 0.15) is 37.8 Å². The summed E-state index contributed by atoms with van der Waals surface area (Å²) in [7, 11) is 0. The van der Waals surface area contributed by atoms with Gasteiger partial charge in [-0.05, 0) is 65.2 Å². The van der Waals surface area contributed by atoms with Crippen molar-refractivity contribution in [2.24, 2.45) is 4.99 Å². The van der Waals surface area contributed by atoms with Crippen molar-refractivity contribution in [2.75, 3.05) is 13.2 Å². The minimum atomic E-state index is -0.606. The first kappa shape index (κ1) is 22.5. The summed E-state index contributed by atoms with van der Waals surface area (Å²) in [6.07, 6.45) is 3.53. The molecule has 0 amide bonds. The fourth-order valence-corrected chi connectivity index (χ4v) is 3.38. The Hall–Kier alpha value is -3.20. The number of esters is 1. The number of nitro groups is 1. The molecular formula is C22H21BrN2O6. The van der Waals surface area contributed by atoms with Gasteiger partial charge in [-0.3, -0.25) is 10.1 Å². The van der Waals surface area contributed by atoms with Crippen LogP contribution in [0.25, 0.3) is 6.08 Å². The molecule has 0 radical (unpaired) electrons.